The van der Waals surface area contributed by atoms with Gasteiger partial charge in [0.05, 0.1) is 0 Å². The van der Waals surface area contributed by atoms with Crippen molar-refractivity contribution in [1.82, 2.24) is 20.3 Å². The Morgan fingerprint density at radius 2 is 2.11 bits per heavy atom. The lowest BCUT2D eigenvalue weighted by atomic mass is 9.99. The molecule has 1 N–H and O–H groups in total. The van der Waals surface area contributed by atoms with Crippen LogP contribution in [0.5, 0.6) is 0 Å². The molecule has 2 aromatic rings. The van der Waals surface area contributed by atoms with Crippen molar-refractivity contribution in [2.45, 2.75) is 26.3 Å². The Hall–Kier alpha value is -1.20. The van der Waals surface area contributed by atoms with Crippen LogP contribution in [0.25, 0.3) is 11.3 Å². The standard InChI is InChI=1S/C14H19BrN4/c1-4-9-16-10(2)11-7-5-6-8-12(11)13-14(15)17-18-19(13)3/h5-8,10,16H,4,9H2,1-3H3. The van der Waals surface area contributed by atoms with Crippen LogP contribution < -0.4 is 5.32 Å². The third-order valence-electron chi connectivity index (χ3n) is 3.17. The zero-order valence-corrected chi connectivity index (χ0v) is 13.1. The Balaban J connectivity index is 2.42. The molecule has 1 heterocycles. The van der Waals surface area contributed by atoms with Crippen LogP contribution in [0.2, 0.25) is 0 Å². The molecule has 102 valence electrons. The second-order valence-corrected chi connectivity index (χ2v) is 5.37. The maximum absolute atomic E-state index is 4.06. The molecule has 0 amide bonds. The van der Waals surface area contributed by atoms with E-state index in [9.17, 15) is 0 Å². The van der Waals surface area contributed by atoms with Crippen molar-refractivity contribution >= 4 is 15.9 Å². The molecule has 1 unspecified atom stereocenters. The minimum absolute atomic E-state index is 0.304. The smallest absolute Gasteiger partial charge is 0.156 e. The number of halogens is 1. The summed E-state index contributed by atoms with van der Waals surface area (Å²) >= 11 is 3.47. The Morgan fingerprint density at radius 1 is 1.37 bits per heavy atom. The van der Waals surface area contributed by atoms with E-state index in [1.54, 1.807) is 4.68 Å². The number of hydrogen-bond acceptors (Lipinski definition) is 3. The first kappa shape index (κ1) is 14.2. The first-order valence-electron chi connectivity index (χ1n) is 6.53. The summed E-state index contributed by atoms with van der Waals surface area (Å²) in [5.74, 6) is 0. The average Bonchev–Trinajstić information content (AvgIpc) is 2.75. The summed E-state index contributed by atoms with van der Waals surface area (Å²) in [4.78, 5) is 0. The van der Waals surface area contributed by atoms with Crippen molar-refractivity contribution in [3.63, 3.8) is 0 Å². The lowest BCUT2D eigenvalue weighted by Gasteiger charge is -2.17. The maximum Gasteiger partial charge on any atom is 0.156 e. The summed E-state index contributed by atoms with van der Waals surface area (Å²) in [7, 11) is 1.91. The van der Waals surface area contributed by atoms with Crippen molar-refractivity contribution in [1.29, 1.82) is 0 Å². The fraction of sp³-hybridized carbons (Fsp3) is 0.429. The van der Waals surface area contributed by atoms with Gasteiger partial charge in [-0.1, -0.05) is 36.4 Å². The van der Waals surface area contributed by atoms with Crippen molar-refractivity contribution in [3.8, 4) is 11.3 Å². The van der Waals surface area contributed by atoms with Gasteiger partial charge in [-0.3, -0.25) is 0 Å². The second-order valence-electron chi connectivity index (χ2n) is 4.62. The summed E-state index contributed by atoms with van der Waals surface area (Å²) in [6.07, 6.45) is 1.13. The normalized spacial score (nSPS) is 12.6. The summed E-state index contributed by atoms with van der Waals surface area (Å²) in [6.45, 7) is 5.37. The molecule has 0 radical (unpaired) electrons. The van der Waals surface area contributed by atoms with Crippen LogP contribution in [0.1, 0.15) is 31.9 Å². The molecule has 1 aromatic heterocycles. The van der Waals surface area contributed by atoms with E-state index in [4.69, 9.17) is 0 Å². The van der Waals surface area contributed by atoms with Gasteiger partial charge in [-0.25, -0.2) is 4.68 Å². The Bertz CT molecular complexity index is 531. The highest BCUT2D eigenvalue weighted by atomic mass is 79.9. The van der Waals surface area contributed by atoms with E-state index >= 15 is 0 Å². The number of nitrogens with zero attached hydrogens (tertiary/aromatic N) is 3. The molecule has 0 fully saturated rings. The van der Waals surface area contributed by atoms with Gasteiger partial charge in [0.1, 0.15) is 5.69 Å². The highest BCUT2D eigenvalue weighted by Gasteiger charge is 2.16. The molecule has 0 aliphatic carbocycles. The molecule has 4 nitrogen and oxygen atoms in total. The molecule has 0 saturated carbocycles. The van der Waals surface area contributed by atoms with E-state index < -0.39 is 0 Å². The van der Waals surface area contributed by atoms with Gasteiger partial charge in [-0.05, 0) is 41.4 Å². The van der Waals surface area contributed by atoms with Crippen molar-refractivity contribution in [3.05, 3.63) is 34.4 Å². The van der Waals surface area contributed by atoms with Crippen LogP contribution in [0.4, 0.5) is 0 Å². The Labute approximate surface area is 122 Å². The monoisotopic (exact) mass is 322 g/mol. The van der Waals surface area contributed by atoms with Gasteiger partial charge in [0.2, 0.25) is 0 Å². The number of aryl methyl sites for hydroxylation is 1. The molecule has 0 saturated heterocycles. The van der Waals surface area contributed by atoms with E-state index in [-0.39, 0.29) is 0 Å². The highest BCUT2D eigenvalue weighted by Crippen LogP contribution is 2.31. The summed E-state index contributed by atoms with van der Waals surface area (Å²) in [6, 6.07) is 8.69. The van der Waals surface area contributed by atoms with Gasteiger partial charge in [-0.15, -0.1) is 5.10 Å². The van der Waals surface area contributed by atoms with Gasteiger partial charge in [-0.2, -0.15) is 0 Å². The highest BCUT2D eigenvalue weighted by molar-refractivity contribution is 9.10. The van der Waals surface area contributed by atoms with Crippen molar-refractivity contribution < 1.29 is 0 Å². The van der Waals surface area contributed by atoms with Gasteiger partial charge in [0.15, 0.2) is 4.60 Å². The number of nitrogens with one attached hydrogen (secondary N) is 1. The third kappa shape index (κ3) is 3.04. The van der Waals surface area contributed by atoms with Crippen LogP contribution in [0.3, 0.4) is 0 Å². The summed E-state index contributed by atoms with van der Waals surface area (Å²) in [5.41, 5.74) is 3.45. The molecule has 0 bridgehead atoms. The first-order chi connectivity index (χ1) is 9.15. The lowest BCUT2D eigenvalue weighted by molar-refractivity contribution is 0.571. The minimum atomic E-state index is 0.304. The largest absolute Gasteiger partial charge is 0.310 e. The maximum atomic E-state index is 4.06. The molecule has 1 aromatic carbocycles. The molecule has 0 aliphatic heterocycles. The molecule has 0 spiro atoms. The predicted molar refractivity (Wildman–Crippen MR) is 80.8 cm³/mol. The van der Waals surface area contributed by atoms with Crippen LogP contribution in [-0.4, -0.2) is 21.5 Å². The minimum Gasteiger partial charge on any atom is -0.310 e. The molecule has 1 atom stereocenters. The number of rotatable bonds is 5. The van der Waals surface area contributed by atoms with Gasteiger partial charge >= 0.3 is 0 Å². The zero-order chi connectivity index (χ0) is 13.8. The Morgan fingerprint density at radius 3 is 2.74 bits per heavy atom. The van der Waals surface area contributed by atoms with Crippen LogP contribution in [0.15, 0.2) is 28.9 Å². The molecule has 2 rings (SSSR count). The van der Waals surface area contributed by atoms with E-state index in [0.717, 1.165) is 28.8 Å². The Kier molecular flexibility index (Phi) is 4.71. The summed E-state index contributed by atoms with van der Waals surface area (Å²) in [5, 5.41) is 11.6. The van der Waals surface area contributed by atoms with E-state index in [2.05, 4.69) is 63.6 Å². The van der Waals surface area contributed by atoms with Crippen LogP contribution >= 0.6 is 15.9 Å². The topological polar surface area (TPSA) is 42.7 Å². The molecule has 5 heteroatoms. The predicted octanol–water partition coefficient (Wildman–Crippen LogP) is 3.31. The van der Waals surface area contributed by atoms with E-state index in [0.29, 0.717) is 6.04 Å². The van der Waals surface area contributed by atoms with E-state index in [1.165, 1.54) is 5.56 Å². The SMILES string of the molecule is CCCNC(C)c1ccccc1-c1c(Br)nnn1C. The van der Waals surface area contributed by atoms with E-state index in [1.807, 2.05) is 13.1 Å². The number of hydrogen-bond donors (Lipinski definition) is 1. The quantitative estimate of drug-likeness (QED) is 0.918. The molecular formula is C14H19BrN4. The number of benzene rings is 1. The molecular weight excluding hydrogens is 304 g/mol. The zero-order valence-electron chi connectivity index (χ0n) is 11.5. The first-order valence-corrected chi connectivity index (χ1v) is 7.32. The van der Waals surface area contributed by atoms with Gasteiger partial charge in [0, 0.05) is 18.7 Å². The number of aromatic nitrogens is 3. The van der Waals surface area contributed by atoms with Gasteiger partial charge in [0.25, 0.3) is 0 Å². The second kappa shape index (κ2) is 6.30. The third-order valence-corrected chi connectivity index (χ3v) is 3.70. The van der Waals surface area contributed by atoms with Crippen LogP contribution in [0, 0.1) is 0 Å². The van der Waals surface area contributed by atoms with Crippen molar-refractivity contribution in [2.24, 2.45) is 7.05 Å². The summed E-state index contributed by atoms with van der Waals surface area (Å²) < 4.78 is 2.58. The fourth-order valence-corrected chi connectivity index (χ4v) is 2.72. The fourth-order valence-electron chi connectivity index (χ4n) is 2.18. The molecule has 0 aliphatic rings. The van der Waals surface area contributed by atoms with Crippen LogP contribution in [-0.2, 0) is 7.05 Å². The van der Waals surface area contributed by atoms with Gasteiger partial charge < -0.3 is 5.32 Å². The molecule has 19 heavy (non-hydrogen) atoms. The van der Waals surface area contributed by atoms with Crippen molar-refractivity contribution in [2.75, 3.05) is 6.54 Å². The lowest BCUT2D eigenvalue weighted by Crippen LogP contribution is -2.20. The average molecular weight is 323 g/mol.